The van der Waals surface area contributed by atoms with Crippen molar-refractivity contribution >= 4 is 23.3 Å². The smallest absolute Gasteiger partial charge is 0.322 e. The maximum atomic E-state index is 12.9. The Morgan fingerprint density at radius 3 is 2.78 bits per heavy atom. The molecule has 1 aliphatic rings. The second-order valence-corrected chi connectivity index (χ2v) is 7.22. The van der Waals surface area contributed by atoms with Crippen molar-refractivity contribution in [3.63, 3.8) is 0 Å². The highest BCUT2D eigenvalue weighted by atomic mass is 35.5. The summed E-state index contributed by atoms with van der Waals surface area (Å²) in [7, 11) is 2.00. The van der Waals surface area contributed by atoms with Gasteiger partial charge < -0.3 is 19.5 Å². The molecule has 0 saturated carbocycles. The monoisotopic (exact) mass is 390 g/mol. The lowest BCUT2D eigenvalue weighted by Crippen LogP contribution is -2.40. The van der Waals surface area contributed by atoms with E-state index in [1.54, 1.807) is 12.1 Å². The van der Waals surface area contributed by atoms with Crippen LogP contribution in [0.25, 0.3) is 0 Å². The van der Waals surface area contributed by atoms with Crippen LogP contribution in [0, 0.1) is 0 Å². The van der Waals surface area contributed by atoms with Crippen LogP contribution in [0.2, 0.25) is 5.02 Å². The molecule has 3 rings (SSSR count). The number of rotatable bonds is 7. The van der Waals surface area contributed by atoms with E-state index in [9.17, 15) is 4.79 Å². The lowest BCUT2D eigenvalue weighted by molar-refractivity contribution is 0.0365. The number of morpholine rings is 1. The van der Waals surface area contributed by atoms with E-state index in [0.717, 1.165) is 45.0 Å². The van der Waals surface area contributed by atoms with E-state index >= 15 is 0 Å². The van der Waals surface area contributed by atoms with Crippen LogP contribution in [-0.4, -0.2) is 59.8 Å². The van der Waals surface area contributed by atoms with Crippen molar-refractivity contribution in [2.45, 2.75) is 13.0 Å². The fourth-order valence-corrected chi connectivity index (χ4v) is 3.38. The topological polar surface area (TPSA) is 49.7 Å². The first kappa shape index (κ1) is 19.7. The van der Waals surface area contributed by atoms with Gasteiger partial charge in [0.2, 0.25) is 0 Å². The van der Waals surface area contributed by atoms with Crippen molar-refractivity contribution in [2.24, 2.45) is 7.05 Å². The molecule has 146 valence electrons. The lowest BCUT2D eigenvalue weighted by Gasteiger charge is -2.28. The Hall–Kier alpha value is -2.02. The van der Waals surface area contributed by atoms with Crippen LogP contribution in [0.3, 0.4) is 0 Å². The molecule has 0 spiro atoms. The number of halogens is 1. The molecule has 0 radical (unpaired) electrons. The Kier molecular flexibility index (Phi) is 7.15. The first-order chi connectivity index (χ1) is 13.1. The lowest BCUT2D eigenvalue weighted by atomic mass is 10.3. The van der Waals surface area contributed by atoms with Crippen LogP contribution in [-0.2, 0) is 18.3 Å². The predicted octanol–water partition coefficient (Wildman–Crippen LogP) is 3.43. The number of aromatic nitrogens is 1. The van der Waals surface area contributed by atoms with Gasteiger partial charge in [-0.05, 0) is 36.8 Å². The zero-order valence-electron chi connectivity index (χ0n) is 15.7. The van der Waals surface area contributed by atoms with Crippen LogP contribution in [0.15, 0.2) is 42.6 Å². The zero-order chi connectivity index (χ0) is 19.1. The van der Waals surface area contributed by atoms with Gasteiger partial charge in [-0.1, -0.05) is 17.7 Å². The number of nitrogens with one attached hydrogen (secondary N) is 1. The second kappa shape index (κ2) is 9.78. The van der Waals surface area contributed by atoms with E-state index in [1.165, 1.54) is 0 Å². The van der Waals surface area contributed by atoms with Gasteiger partial charge in [-0.15, -0.1) is 0 Å². The minimum atomic E-state index is -0.111. The molecule has 0 atom stereocenters. The molecule has 0 unspecified atom stereocenters. The normalized spacial score (nSPS) is 14.9. The van der Waals surface area contributed by atoms with Gasteiger partial charge in [-0.2, -0.15) is 0 Å². The average Bonchev–Trinajstić information content (AvgIpc) is 3.06. The standard InChI is InChI=1S/C20H27ClN4O2/c1-23-8-3-7-19(23)16-25(10-4-9-24-11-13-27-14-12-24)20(26)22-18-6-2-5-17(21)15-18/h2-3,5-8,15H,4,9-14,16H2,1H3,(H,22,26). The predicted molar refractivity (Wildman–Crippen MR) is 108 cm³/mol. The number of urea groups is 1. The van der Waals surface area contributed by atoms with Gasteiger partial charge in [0.25, 0.3) is 0 Å². The molecule has 6 nitrogen and oxygen atoms in total. The van der Waals surface area contributed by atoms with Crippen molar-refractivity contribution in [2.75, 3.05) is 44.7 Å². The molecule has 2 aromatic rings. The minimum absolute atomic E-state index is 0.111. The average molecular weight is 391 g/mol. The van der Waals surface area contributed by atoms with E-state index in [2.05, 4.69) is 10.2 Å². The molecule has 2 heterocycles. The van der Waals surface area contributed by atoms with Gasteiger partial charge >= 0.3 is 6.03 Å². The quantitative estimate of drug-likeness (QED) is 0.787. The summed E-state index contributed by atoms with van der Waals surface area (Å²) in [6.45, 7) is 5.75. The number of aryl methyl sites for hydroxylation is 1. The van der Waals surface area contributed by atoms with Crippen molar-refractivity contribution in [1.29, 1.82) is 0 Å². The highest BCUT2D eigenvalue weighted by molar-refractivity contribution is 6.30. The Morgan fingerprint density at radius 2 is 2.07 bits per heavy atom. The third-order valence-corrected chi connectivity index (χ3v) is 5.01. The van der Waals surface area contributed by atoms with Gasteiger partial charge in [0, 0.05) is 55.8 Å². The molecule has 1 aliphatic heterocycles. The Balaban J connectivity index is 1.61. The summed E-state index contributed by atoms with van der Waals surface area (Å²) in [5.74, 6) is 0. The molecule has 2 amide bonds. The molecule has 0 bridgehead atoms. The van der Waals surface area contributed by atoms with E-state index in [4.69, 9.17) is 16.3 Å². The maximum Gasteiger partial charge on any atom is 0.322 e. The van der Waals surface area contributed by atoms with E-state index < -0.39 is 0 Å². The fourth-order valence-electron chi connectivity index (χ4n) is 3.19. The molecule has 1 saturated heterocycles. The number of hydrogen-bond acceptors (Lipinski definition) is 3. The number of ether oxygens (including phenoxy) is 1. The highest BCUT2D eigenvalue weighted by Gasteiger charge is 2.17. The van der Waals surface area contributed by atoms with Crippen LogP contribution < -0.4 is 5.32 Å². The van der Waals surface area contributed by atoms with E-state index in [0.29, 0.717) is 23.8 Å². The zero-order valence-corrected chi connectivity index (χ0v) is 16.5. The number of benzene rings is 1. The summed E-state index contributed by atoms with van der Waals surface area (Å²) in [4.78, 5) is 17.1. The number of hydrogen-bond donors (Lipinski definition) is 1. The van der Waals surface area contributed by atoms with Gasteiger partial charge in [0.15, 0.2) is 0 Å². The molecule has 1 N–H and O–H groups in total. The minimum Gasteiger partial charge on any atom is -0.379 e. The molecule has 27 heavy (non-hydrogen) atoms. The molecule has 0 aliphatic carbocycles. The van der Waals surface area contributed by atoms with Gasteiger partial charge in [-0.25, -0.2) is 4.79 Å². The second-order valence-electron chi connectivity index (χ2n) is 6.78. The molecular formula is C20H27ClN4O2. The van der Waals surface area contributed by atoms with Crippen LogP contribution in [0.5, 0.6) is 0 Å². The van der Waals surface area contributed by atoms with E-state index in [1.807, 2.05) is 47.0 Å². The summed E-state index contributed by atoms with van der Waals surface area (Å²) in [5.41, 5.74) is 1.81. The fraction of sp³-hybridized carbons (Fsp3) is 0.450. The largest absolute Gasteiger partial charge is 0.379 e. The van der Waals surface area contributed by atoms with Gasteiger partial charge in [0.05, 0.1) is 19.8 Å². The number of nitrogens with zero attached hydrogens (tertiary/aromatic N) is 3. The SMILES string of the molecule is Cn1cccc1CN(CCCN1CCOCC1)C(=O)Nc1cccc(Cl)c1. The highest BCUT2D eigenvalue weighted by Crippen LogP contribution is 2.16. The summed E-state index contributed by atoms with van der Waals surface area (Å²) < 4.78 is 7.44. The number of carbonyl (C=O) groups is 1. The number of anilines is 1. The van der Waals surface area contributed by atoms with E-state index in [-0.39, 0.29) is 6.03 Å². The molecular weight excluding hydrogens is 364 g/mol. The first-order valence-corrected chi connectivity index (χ1v) is 9.71. The third kappa shape index (κ3) is 5.99. The summed E-state index contributed by atoms with van der Waals surface area (Å²) in [6, 6.07) is 11.2. The Bertz CT molecular complexity index is 743. The molecule has 1 aromatic heterocycles. The Morgan fingerprint density at radius 1 is 1.26 bits per heavy atom. The number of carbonyl (C=O) groups excluding carboxylic acids is 1. The summed E-state index contributed by atoms with van der Waals surface area (Å²) in [6.07, 6.45) is 2.92. The van der Waals surface area contributed by atoms with Crippen molar-refractivity contribution < 1.29 is 9.53 Å². The van der Waals surface area contributed by atoms with Crippen molar-refractivity contribution in [3.8, 4) is 0 Å². The maximum absolute atomic E-state index is 12.9. The van der Waals surface area contributed by atoms with Crippen molar-refractivity contribution in [1.82, 2.24) is 14.4 Å². The molecule has 1 aromatic carbocycles. The van der Waals surface area contributed by atoms with Gasteiger partial charge in [-0.3, -0.25) is 4.90 Å². The van der Waals surface area contributed by atoms with Gasteiger partial charge in [0.1, 0.15) is 0 Å². The number of amides is 2. The molecule has 7 heteroatoms. The van der Waals surface area contributed by atoms with Crippen molar-refractivity contribution in [3.05, 3.63) is 53.3 Å². The molecule has 1 fully saturated rings. The van der Waals surface area contributed by atoms with Crippen LogP contribution in [0.4, 0.5) is 10.5 Å². The Labute approximate surface area is 165 Å². The third-order valence-electron chi connectivity index (χ3n) is 4.77. The summed E-state index contributed by atoms with van der Waals surface area (Å²) >= 11 is 6.03. The summed E-state index contributed by atoms with van der Waals surface area (Å²) in [5, 5.41) is 3.57. The van der Waals surface area contributed by atoms with Crippen LogP contribution >= 0.6 is 11.6 Å². The first-order valence-electron chi connectivity index (χ1n) is 9.33. The van der Waals surface area contributed by atoms with Crippen LogP contribution in [0.1, 0.15) is 12.1 Å².